The van der Waals surface area contributed by atoms with Crippen molar-refractivity contribution in [3.8, 4) is 0 Å². The maximum atomic E-state index is 6.26. The number of nitrogens with zero attached hydrogens (tertiary/aromatic N) is 3. The largest absolute Gasteiger partial charge is 0.308 e. The van der Waals surface area contributed by atoms with Crippen molar-refractivity contribution in [1.29, 1.82) is 0 Å². The Balaban J connectivity index is 2.23. The van der Waals surface area contributed by atoms with Crippen LogP contribution in [0.4, 0.5) is 0 Å². The van der Waals surface area contributed by atoms with E-state index in [-0.39, 0.29) is 5.38 Å². The number of rotatable bonds is 2. The van der Waals surface area contributed by atoms with E-state index < -0.39 is 0 Å². The second-order valence-electron chi connectivity index (χ2n) is 5.66. The lowest BCUT2D eigenvalue weighted by molar-refractivity contribution is 0.533. The fourth-order valence-corrected chi connectivity index (χ4v) is 2.92. The Labute approximate surface area is 120 Å². The van der Waals surface area contributed by atoms with Crippen LogP contribution in [0.5, 0.6) is 0 Å². The third kappa shape index (κ3) is 1.86. The molecule has 0 N–H and O–H groups in total. The number of hydrogen-bond donors (Lipinski definition) is 0. The lowest BCUT2D eigenvalue weighted by Gasteiger charge is -2.11. The number of fused-ring (bicyclic) bond motifs is 1. The van der Waals surface area contributed by atoms with Gasteiger partial charge in [-0.05, 0) is 40.8 Å². The second-order valence-corrected chi connectivity index (χ2v) is 7.23. The number of imidazole rings is 1. The van der Waals surface area contributed by atoms with E-state index in [1.807, 2.05) is 19.2 Å². The molecule has 0 radical (unpaired) electrons. The SMILES string of the molecule is CC(Cl)c1nc2cc(Br)cnc2n1C1CC1(C)C. The Morgan fingerprint density at radius 3 is 2.78 bits per heavy atom. The number of pyridine rings is 1. The van der Waals surface area contributed by atoms with Gasteiger partial charge in [0.25, 0.3) is 0 Å². The Hall–Kier alpha value is -0.610. The van der Waals surface area contributed by atoms with Crippen LogP contribution in [0.1, 0.15) is 44.4 Å². The van der Waals surface area contributed by atoms with E-state index in [2.05, 4.69) is 44.3 Å². The van der Waals surface area contributed by atoms with Gasteiger partial charge in [0.1, 0.15) is 11.3 Å². The summed E-state index contributed by atoms with van der Waals surface area (Å²) >= 11 is 9.70. The highest BCUT2D eigenvalue weighted by atomic mass is 79.9. The second kappa shape index (κ2) is 3.94. The van der Waals surface area contributed by atoms with Gasteiger partial charge in [-0.15, -0.1) is 11.6 Å². The molecule has 1 aliphatic carbocycles. The lowest BCUT2D eigenvalue weighted by atomic mass is 10.2. The van der Waals surface area contributed by atoms with Crippen molar-refractivity contribution in [2.24, 2.45) is 5.41 Å². The van der Waals surface area contributed by atoms with Gasteiger partial charge in [0.2, 0.25) is 0 Å². The van der Waals surface area contributed by atoms with Crippen molar-refractivity contribution in [2.45, 2.75) is 38.6 Å². The molecule has 0 bridgehead atoms. The summed E-state index contributed by atoms with van der Waals surface area (Å²) in [6.45, 7) is 6.50. The Morgan fingerprint density at radius 2 is 2.22 bits per heavy atom. The summed E-state index contributed by atoms with van der Waals surface area (Å²) in [5.41, 5.74) is 2.17. The fraction of sp³-hybridized carbons (Fsp3) is 0.538. The van der Waals surface area contributed by atoms with E-state index in [9.17, 15) is 0 Å². The fourth-order valence-electron chi connectivity index (χ4n) is 2.44. The van der Waals surface area contributed by atoms with Crippen LogP contribution in [-0.4, -0.2) is 14.5 Å². The van der Waals surface area contributed by atoms with Gasteiger partial charge < -0.3 is 4.57 Å². The molecule has 3 rings (SSSR count). The van der Waals surface area contributed by atoms with Crippen molar-refractivity contribution < 1.29 is 0 Å². The molecular weight excluding hydrogens is 314 g/mol. The van der Waals surface area contributed by atoms with E-state index >= 15 is 0 Å². The highest BCUT2D eigenvalue weighted by Crippen LogP contribution is 2.57. The summed E-state index contributed by atoms with van der Waals surface area (Å²) in [6.07, 6.45) is 2.98. The van der Waals surface area contributed by atoms with Crippen molar-refractivity contribution in [2.75, 3.05) is 0 Å². The van der Waals surface area contributed by atoms with E-state index in [0.717, 1.165) is 27.9 Å². The number of halogens is 2. The molecule has 2 heterocycles. The summed E-state index contributed by atoms with van der Waals surface area (Å²) in [5.74, 6) is 0.924. The predicted octanol–water partition coefficient (Wildman–Crippen LogP) is 4.46. The number of alkyl halides is 1. The van der Waals surface area contributed by atoms with Crippen LogP contribution in [0.15, 0.2) is 16.7 Å². The summed E-state index contributed by atoms with van der Waals surface area (Å²) < 4.78 is 3.17. The average molecular weight is 329 g/mol. The van der Waals surface area contributed by atoms with E-state index in [1.165, 1.54) is 0 Å². The third-order valence-corrected chi connectivity index (χ3v) is 4.28. The topological polar surface area (TPSA) is 30.7 Å². The van der Waals surface area contributed by atoms with Gasteiger partial charge in [-0.25, -0.2) is 9.97 Å². The molecule has 0 aliphatic heterocycles. The van der Waals surface area contributed by atoms with Gasteiger partial charge in [0, 0.05) is 16.7 Å². The predicted molar refractivity (Wildman–Crippen MR) is 76.9 cm³/mol. The molecule has 2 aromatic rings. The molecular formula is C13H15BrClN3. The van der Waals surface area contributed by atoms with E-state index in [4.69, 9.17) is 11.6 Å². The Bertz CT molecular complexity index is 618. The highest BCUT2D eigenvalue weighted by molar-refractivity contribution is 9.10. The maximum absolute atomic E-state index is 6.26. The molecule has 0 spiro atoms. The van der Waals surface area contributed by atoms with Crippen LogP contribution in [-0.2, 0) is 0 Å². The molecule has 0 saturated heterocycles. The van der Waals surface area contributed by atoms with Crippen LogP contribution in [0, 0.1) is 5.41 Å². The molecule has 0 amide bonds. The molecule has 5 heteroatoms. The van der Waals surface area contributed by atoms with Crippen molar-refractivity contribution in [3.05, 3.63) is 22.6 Å². The average Bonchev–Trinajstić information content (AvgIpc) is 2.74. The summed E-state index contributed by atoms with van der Waals surface area (Å²) in [4.78, 5) is 9.14. The molecule has 1 aliphatic rings. The first-order chi connectivity index (χ1) is 8.40. The molecule has 3 nitrogen and oxygen atoms in total. The van der Waals surface area contributed by atoms with Crippen molar-refractivity contribution in [1.82, 2.24) is 14.5 Å². The van der Waals surface area contributed by atoms with Crippen LogP contribution in [0.25, 0.3) is 11.2 Å². The van der Waals surface area contributed by atoms with Crippen LogP contribution in [0.2, 0.25) is 0 Å². The van der Waals surface area contributed by atoms with Gasteiger partial charge in [-0.2, -0.15) is 0 Å². The normalized spacial score (nSPS) is 23.3. The quantitative estimate of drug-likeness (QED) is 0.762. The van der Waals surface area contributed by atoms with E-state index in [1.54, 1.807) is 0 Å². The first-order valence-electron chi connectivity index (χ1n) is 6.07. The molecule has 96 valence electrons. The molecule has 1 saturated carbocycles. The maximum Gasteiger partial charge on any atom is 0.160 e. The number of aromatic nitrogens is 3. The van der Waals surface area contributed by atoms with Crippen molar-refractivity contribution >= 4 is 38.7 Å². The van der Waals surface area contributed by atoms with Gasteiger partial charge in [-0.1, -0.05) is 13.8 Å². The third-order valence-electron chi connectivity index (χ3n) is 3.65. The molecule has 1 fully saturated rings. The molecule has 2 aromatic heterocycles. The van der Waals surface area contributed by atoms with Crippen LogP contribution in [0.3, 0.4) is 0 Å². The minimum absolute atomic E-state index is 0.102. The molecule has 18 heavy (non-hydrogen) atoms. The Kier molecular flexibility index (Phi) is 2.72. The zero-order valence-corrected chi connectivity index (χ0v) is 13.0. The van der Waals surface area contributed by atoms with Gasteiger partial charge in [0.05, 0.1) is 5.38 Å². The first-order valence-corrected chi connectivity index (χ1v) is 7.30. The highest BCUT2D eigenvalue weighted by Gasteiger charge is 2.49. The van der Waals surface area contributed by atoms with Gasteiger partial charge >= 0.3 is 0 Å². The standard InChI is InChI=1S/C13H15BrClN3/c1-7(15)11-17-9-4-8(14)6-16-12(9)18(11)10-5-13(10,2)3/h4,6-7,10H,5H2,1-3H3. The summed E-state index contributed by atoms with van der Waals surface area (Å²) in [7, 11) is 0. The zero-order chi connectivity index (χ0) is 13.1. The van der Waals surface area contributed by atoms with Gasteiger partial charge in [0.15, 0.2) is 5.65 Å². The first kappa shape index (κ1) is 12.4. The smallest absolute Gasteiger partial charge is 0.160 e. The van der Waals surface area contributed by atoms with Crippen LogP contribution >= 0.6 is 27.5 Å². The van der Waals surface area contributed by atoms with Crippen molar-refractivity contribution in [3.63, 3.8) is 0 Å². The van der Waals surface area contributed by atoms with E-state index in [0.29, 0.717) is 11.5 Å². The molecule has 2 atom stereocenters. The number of hydrogen-bond acceptors (Lipinski definition) is 2. The molecule has 2 unspecified atom stereocenters. The zero-order valence-electron chi connectivity index (χ0n) is 10.6. The summed E-state index contributed by atoms with van der Waals surface area (Å²) in [5, 5.41) is -0.102. The van der Waals surface area contributed by atoms with Crippen LogP contribution < -0.4 is 0 Å². The Morgan fingerprint density at radius 1 is 1.56 bits per heavy atom. The lowest BCUT2D eigenvalue weighted by Crippen LogP contribution is -2.06. The monoisotopic (exact) mass is 327 g/mol. The van der Waals surface area contributed by atoms with Gasteiger partial charge in [-0.3, -0.25) is 0 Å². The molecule has 0 aromatic carbocycles. The minimum atomic E-state index is -0.102. The minimum Gasteiger partial charge on any atom is -0.308 e. The summed E-state index contributed by atoms with van der Waals surface area (Å²) in [6, 6.07) is 2.46.